The van der Waals surface area contributed by atoms with Crippen LogP contribution in [0, 0.1) is 0 Å². The van der Waals surface area contributed by atoms with Crippen LogP contribution in [-0.2, 0) is 28.6 Å². The van der Waals surface area contributed by atoms with E-state index in [1.807, 2.05) is 0 Å². The van der Waals surface area contributed by atoms with Gasteiger partial charge in [0.2, 0.25) is 0 Å². The molecule has 0 spiro atoms. The standard InChI is InChI=1S/C75H130O6/c1-4-7-10-13-16-19-22-24-26-28-30-32-34-36-37-39-40-42-44-46-48-50-53-56-59-62-65-68-74(77)80-71-72(70-79-73(76)67-64-61-58-55-52-21-18-15-12-9-6-3)81-75(78)69-66-63-60-57-54-51-49-47-45-43-41-38-35-33-31-29-27-25-23-20-17-14-11-8-5-2/h7-8,10-11,16-17,19-20,24-27,30-33,72H,4-6,9,12-15,18,21-23,28-29,34-71H2,1-3H3/b10-7-,11-8-,19-16-,20-17-,26-24-,27-25-,32-30-,33-31-. The number of hydrogen-bond donors (Lipinski definition) is 0. The quantitative estimate of drug-likeness (QED) is 0.0261. The number of carbonyl (C=O) groups excluding carboxylic acids is 3. The van der Waals surface area contributed by atoms with E-state index in [-0.39, 0.29) is 31.1 Å². The SMILES string of the molecule is CC/C=C\C/C=C\C/C=C\C/C=C\CCCCCCCCCCCCCCCCC(=O)OCC(COC(=O)CCCCCCCCCCCCC)OC(=O)CCCCCCCCCCCCCC/C=C\C/C=C\C/C=C\C/C=C\CC. The molecule has 6 nitrogen and oxygen atoms in total. The van der Waals surface area contributed by atoms with Crippen LogP contribution in [0.15, 0.2) is 97.2 Å². The largest absolute Gasteiger partial charge is 0.462 e. The van der Waals surface area contributed by atoms with Gasteiger partial charge in [-0.15, -0.1) is 0 Å². The van der Waals surface area contributed by atoms with Gasteiger partial charge < -0.3 is 14.2 Å². The summed E-state index contributed by atoms with van der Waals surface area (Å²) in [5.74, 6) is -0.861. The minimum atomic E-state index is -0.778. The number of hydrogen-bond acceptors (Lipinski definition) is 6. The van der Waals surface area contributed by atoms with Gasteiger partial charge in [-0.05, 0) is 96.3 Å². The van der Waals surface area contributed by atoms with E-state index in [1.54, 1.807) is 0 Å². The summed E-state index contributed by atoms with van der Waals surface area (Å²) in [4.78, 5) is 38.4. The van der Waals surface area contributed by atoms with Gasteiger partial charge in [0, 0.05) is 19.3 Å². The lowest BCUT2D eigenvalue weighted by molar-refractivity contribution is -0.167. The first-order chi connectivity index (χ1) is 40.0. The summed E-state index contributed by atoms with van der Waals surface area (Å²) in [6.45, 7) is 6.45. The Hall–Kier alpha value is -3.67. The second-order valence-electron chi connectivity index (χ2n) is 23.0. The molecule has 0 fully saturated rings. The maximum atomic E-state index is 12.9. The van der Waals surface area contributed by atoms with Gasteiger partial charge in [-0.25, -0.2) is 0 Å². The van der Waals surface area contributed by atoms with Crippen LogP contribution in [-0.4, -0.2) is 37.2 Å². The van der Waals surface area contributed by atoms with Gasteiger partial charge in [-0.1, -0.05) is 323 Å². The summed E-state index contributed by atoms with van der Waals surface area (Å²) in [7, 11) is 0. The first-order valence-corrected chi connectivity index (χ1v) is 34.7. The first-order valence-electron chi connectivity index (χ1n) is 34.7. The molecule has 0 aliphatic carbocycles. The van der Waals surface area contributed by atoms with Crippen molar-refractivity contribution in [1.82, 2.24) is 0 Å². The molecule has 0 aliphatic heterocycles. The lowest BCUT2D eigenvalue weighted by Crippen LogP contribution is -2.30. The Bertz CT molecular complexity index is 1580. The van der Waals surface area contributed by atoms with Gasteiger partial charge in [-0.2, -0.15) is 0 Å². The molecule has 1 atom stereocenters. The Morgan fingerprint density at radius 3 is 0.753 bits per heavy atom. The average Bonchev–Trinajstić information content (AvgIpc) is 3.47. The number of rotatable bonds is 63. The normalized spacial score (nSPS) is 12.7. The third kappa shape index (κ3) is 67.0. The highest BCUT2D eigenvalue weighted by Gasteiger charge is 2.19. The minimum Gasteiger partial charge on any atom is -0.462 e. The lowest BCUT2D eigenvalue weighted by Gasteiger charge is -2.18. The molecule has 0 saturated carbocycles. The molecule has 0 aromatic carbocycles. The van der Waals surface area contributed by atoms with E-state index in [9.17, 15) is 14.4 Å². The molecule has 0 N–H and O–H groups in total. The minimum absolute atomic E-state index is 0.0737. The van der Waals surface area contributed by atoms with E-state index in [1.165, 1.54) is 193 Å². The van der Waals surface area contributed by atoms with E-state index in [2.05, 4.69) is 118 Å². The van der Waals surface area contributed by atoms with Gasteiger partial charge in [0.05, 0.1) is 0 Å². The Balaban J connectivity index is 4.22. The highest BCUT2D eigenvalue weighted by molar-refractivity contribution is 5.71. The Labute approximate surface area is 502 Å². The molecule has 0 aliphatic rings. The van der Waals surface area contributed by atoms with Crippen molar-refractivity contribution in [2.24, 2.45) is 0 Å². The predicted molar refractivity (Wildman–Crippen MR) is 353 cm³/mol. The van der Waals surface area contributed by atoms with Crippen LogP contribution in [0.3, 0.4) is 0 Å². The summed E-state index contributed by atoms with van der Waals surface area (Å²) in [5, 5.41) is 0. The third-order valence-corrected chi connectivity index (χ3v) is 15.1. The molecule has 0 amide bonds. The fourth-order valence-electron chi connectivity index (χ4n) is 9.96. The fraction of sp³-hybridized carbons (Fsp3) is 0.747. The molecule has 0 aromatic heterocycles. The Kier molecular flexibility index (Phi) is 65.7. The van der Waals surface area contributed by atoms with Gasteiger partial charge in [0.15, 0.2) is 6.10 Å². The molecule has 0 rings (SSSR count). The van der Waals surface area contributed by atoms with Crippen molar-refractivity contribution in [1.29, 1.82) is 0 Å². The number of unbranched alkanes of at least 4 members (excludes halogenated alkanes) is 36. The summed E-state index contributed by atoms with van der Waals surface area (Å²) in [6, 6.07) is 0. The summed E-state index contributed by atoms with van der Waals surface area (Å²) >= 11 is 0. The highest BCUT2D eigenvalue weighted by Crippen LogP contribution is 2.17. The summed E-state index contributed by atoms with van der Waals surface area (Å²) in [6.07, 6.45) is 92.9. The van der Waals surface area contributed by atoms with Gasteiger partial charge in [0.25, 0.3) is 0 Å². The molecule has 0 saturated heterocycles. The second-order valence-corrected chi connectivity index (χ2v) is 23.0. The number of allylic oxidation sites excluding steroid dienone is 16. The van der Waals surface area contributed by atoms with Crippen molar-refractivity contribution < 1.29 is 28.6 Å². The van der Waals surface area contributed by atoms with Gasteiger partial charge >= 0.3 is 17.9 Å². The van der Waals surface area contributed by atoms with Crippen LogP contribution in [0.1, 0.15) is 342 Å². The molecule has 81 heavy (non-hydrogen) atoms. The fourth-order valence-corrected chi connectivity index (χ4v) is 9.96. The lowest BCUT2D eigenvalue weighted by atomic mass is 10.0. The molecule has 1 unspecified atom stereocenters. The van der Waals surface area contributed by atoms with Gasteiger partial charge in [0.1, 0.15) is 13.2 Å². The van der Waals surface area contributed by atoms with E-state index in [4.69, 9.17) is 14.2 Å². The van der Waals surface area contributed by atoms with Crippen molar-refractivity contribution in [3.8, 4) is 0 Å². The molecular weight excluding hydrogens is 997 g/mol. The zero-order valence-corrected chi connectivity index (χ0v) is 53.5. The van der Waals surface area contributed by atoms with Crippen molar-refractivity contribution in [2.45, 2.75) is 348 Å². The molecular formula is C75H130O6. The van der Waals surface area contributed by atoms with Crippen LogP contribution in [0.4, 0.5) is 0 Å². The number of esters is 3. The van der Waals surface area contributed by atoms with Crippen molar-refractivity contribution >= 4 is 17.9 Å². The maximum Gasteiger partial charge on any atom is 0.306 e. The monoisotopic (exact) mass is 1130 g/mol. The molecule has 0 heterocycles. The third-order valence-electron chi connectivity index (χ3n) is 15.1. The average molecular weight is 1130 g/mol. The van der Waals surface area contributed by atoms with Crippen LogP contribution in [0.25, 0.3) is 0 Å². The van der Waals surface area contributed by atoms with Crippen LogP contribution < -0.4 is 0 Å². The van der Waals surface area contributed by atoms with Crippen LogP contribution >= 0.6 is 0 Å². The van der Waals surface area contributed by atoms with E-state index >= 15 is 0 Å². The number of ether oxygens (including phenoxy) is 3. The molecule has 6 heteroatoms. The van der Waals surface area contributed by atoms with Crippen LogP contribution in [0.5, 0.6) is 0 Å². The van der Waals surface area contributed by atoms with Crippen molar-refractivity contribution in [3.63, 3.8) is 0 Å². The summed E-state index contributed by atoms with van der Waals surface area (Å²) in [5.41, 5.74) is 0. The molecule has 0 radical (unpaired) electrons. The van der Waals surface area contributed by atoms with Crippen LogP contribution in [0.2, 0.25) is 0 Å². The zero-order valence-electron chi connectivity index (χ0n) is 53.5. The summed E-state index contributed by atoms with van der Waals surface area (Å²) < 4.78 is 17.0. The smallest absolute Gasteiger partial charge is 0.306 e. The van der Waals surface area contributed by atoms with E-state index < -0.39 is 6.10 Å². The molecule has 0 bridgehead atoms. The number of carbonyl (C=O) groups is 3. The predicted octanol–water partition coefficient (Wildman–Crippen LogP) is 24.0. The second kappa shape index (κ2) is 68.8. The van der Waals surface area contributed by atoms with Crippen molar-refractivity contribution in [2.75, 3.05) is 13.2 Å². The Morgan fingerprint density at radius 2 is 0.481 bits per heavy atom. The van der Waals surface area contributed by atoms with E-state index in [0.29, 0.717) is 19.3 Å². The molecule has 466 valence electrons. The van der Waals surface area contributed by atoms with E-state index in [0.717, 1.165) is 109 Å². The van der Waals surface area contributed by atoms with Crippen molar-refractivity contribution in [3.05, 3.63) is 97.2 Å². The van der Waals surface area contributed by atoms with Gasteiger partial charge in [-0.3, -0.25) is 14.4 Å². The highest BCUT2D eigenvalue weighted by atomic mass is 16.6. The maximum absolute atomic E-state index is 12.9. The zero-order chi connectivity index (χ0) is 58.5. The first kappa shape index (κ1) is 77.3. The Morgan fingerprint density at radius 1 is 0.259 bits per heavy atom. The topological polar surface area (TPSA) is 78.9 Å². The molecule has 0 aromatic rings.